The van der Waals surface area contributed by atoms with Crippen LogP contribution in [0.3, 0.4) is 0 Å². The van der Waals surface area contributed by atoms with Crippen molar-refractivity contribution in [3.8, 4) is 11.5 Å². The molecule has 0 saturated carbocycles. The molecule has 0 spiro atoms. The number of nitrogens with zero attached hydrogens (tertiary/aromatic N) is 1. The zero-order valence-corrected chi connectivity index (χ0v) is 15.5. The van der Waals surface area contributed by atoms with Gasteiger partial charge < -0.3 is 20.5 Å². The molecule has 5 nitrogen and oxygen atoms in total. The Kier molecular flexibility index (Phi) is 7.81. The van der Waals surface area contributed by atoms with Crippen LogP contribution in [-0.2, 0) is 6.54 Å². The van der Waals surface area contributed by atoms with Gasteiger partial charge in [0.05, 0.1) is 13.7 Å². The fourth-order valence-corrected chi connectivity index (χ4v) is 1.87. The number of methoxy groups -OCH3 is 1. The van der Waals surface area contributed by atoms with Crippen LogP contribution in [0.15, 0.2) is 53.5 Å². The summed E-state index contributed by atoms with van der Waals surface area (Å²) in [7, 11) is 1.57. The number of anilines is 1. The highest BCUT2D eigenvalue weighted by atomic mass is 127. The average molecular weight is 467 g/mol. The number of nitrogens with two attached hydrogens (primary N) is 1. The number of alkyl halides is 3. The summed E-state index contributed by atoms with van der Waals surface area (Å²) in [6.45, 7) is 0.339. The summed E-state index contributed by atoms with van der Waals surface area (Å²) in [5.74, 6) is 0.553. The van der Waals surface area contributed by atoms with E-state index < -0.39 is 6.36 Å². The smallest absolute Gasteiger partial charge is 0.497 e. The molecule has 0 aliphatic heterocycles. The lowest BCUT2D eigenvalue weighted by Gasteiger charge is -2.10. The number of rotatable bonds is 5. The maximum absolute atomic E-state index is 12.1. The van der Waals surface area contributed by atoms with Crippen LogP contribution in [0.4, 0.5) is 18.9 Å². The summed E-state index contributed by atoms with van der Waals surface area (Å²) >= 11 is 0. The highest BCUT2D eigenvalue weighted by Crippen LogP contribution is 2.23. The summed E-state index contributed by atoms with van der Waals surface area (Å²) in [4.78, 5) is 4.16. The van der Waals surface area contributed by atoms with Crippen molar-refractivity contribution in [2.45, 2.75) is 12.9 Å². The third-order valence-electron chi connectivity index (χ3n) is 2.93. The Balaban J connectivity index is 0.00000312. The first kappa shape index (κ1) is 20.9. The van der Waals surface area contributed by atoms with Crippen molar-refractivity contribution in [1.29, 1.82) is 0 Å². The van der Waals surface area contributed by atoms with Gasteiger partial charge in [-0.25, -0.2) is 4.99 Å². The molecule has 2 aromatic rings. The van der Waals surface area contributed by atoms with Crippen LogP contribution < -0.4 is 20.5 Å². The molecule has 0 saturated heterocycles. The Morgan fingerprint density at radius 3 is 2.40 bits per heavy atom. The predicted octanol–water partition coefficient (Wildman–Crippen LogP) is 4.14. The van der Waals surface area contributed by atoms with Crippen LogP contribution in [0.5, 0.6) is 11.5 Å². The number of nitrogens with one attached hydrogen (secondary N) is 1. The Bertz CT molecular complexity index is 707. The first-order chi connectivity index (χ1) is 11.4. The molecular weight excluding hydrogens is 450 g/mol. The average Bonchev–Trinajstić information content (AvgIpc) is 2.54. The van der Waals surface area contributed by atoms with E-state index in [9.17, 15) is 13.2 Å². The quantitative estimate of drug-likeness (QED) is 0.394. The molecule has 0 aliphatic carbocycles. The van der Waals surface area contributed by atoms with Crippen LogP contribution in [0.2, 0.25) is 0 Å². The van der Waals surface area contributed by atoms with Crippen LogP contribution in [0, 0.1) is 0 Å². The van der Waals surface area contributed by atoms with Gasteiger partial charge >= 0.3 is 6.36 Å². The number of hydrogen-bond donors (Lipinski definition) is 2. The maximum Gasteiger partial charge on any atom is 0.573 e. The highest BCUT2D eigenvalue weighted by Gasteiger charge is 2.30. The van der Waals surface area contributed by atoms with Crippen molar-refractivity contribution < 1.29 is 22.6 Å². The molecule has 0 amide bonds. The van der Waals surface area contributed by atoms with Crippen LogP contribution in [0.25, 0.3) is 0 Å². The molecule has 136 valence electrons. The topological polar surface area (TPSA) is 68.9 Å². The van der Waals surface area contributed by atoms with Crippen LogP contribution in [0.1, 0.15) is 5.56 Å². The lowest BCUT2D eigenvalue weighted by atomic mass is 10.2. The molecule has 3 N–H and O–H groups in total. The number of ether oxygens (including phenoxy) is 2. The summed E-state index contributed by atoms with van der Waals surface area (Å²) in [5, 5.41) is 2.79. The van der Waals surface area contributed by atoms with E-state index in [0.29, 0.717) is 12.2 Å². The third kappa shape index (κ3) is 7.50. The molecule has 9 heteroatoms. The third-order valence-corrected chi connectivity index (χ3v) is 2.93. The SMILES string of the molecule is COc1cccc(CN=C(N)Nc2ccc(OC(F)(F)F)cc2)c1.I. The Morgan fingerprint density at radius 1 is 1.12 bits per heavy atom. The maximum atomic E-state index is 12.1. The molecule has 2 aromatic carbocycles. The second-order valence-corrected chi connectivity index (χ2v) is 4.75. The van der Waals surface area contributed by atoms with Gasteiger partial charge in [0.15, 0.2) is 5.96 Å². The van der Waals surface area contributed by atoms with Gasteiger partial charge in [-0.15, -0.1) is 37.1 Å². The van der Waals surface area contributed by atoms with Gasteiger partial charge in [-0.1, -0.05) is 12.1 Å². The minimum absolute atomic E-state index is 0. The Labute approximate surface area is 160 Å². The fraction of sp³-hybridized carbons (Fsp3) is 0.188. The molecule has 25 heavy (non-hydrogen) atoms. The summed E-state index contributed by atoms with van der Waals surface area (Å²) in [5.41, 5.74) is 7.17. The molecule has 0 unspecified atom stereocenters. The number of guanidine groups is 1. The first-order valence-electron chi connectivity index (χ1n) is 6.91. The normalized spacial score (nSPS) is 11.4. The van der Waals surface area contributed by atoms with Gasteiger partial charge in [0, 0.05) is 5.69 Å². The minimum atomic E-state index is -4.72. The number of halogens is 4. The van der Waals surface area contributed by atoms with Crippen molar-refractivity contribution in [2.24, 2.45) is 10.7 Å². The van der Waals surface area contributed by atoms with Crippen molar-refractivity contribution in [1.82, 2.24) is 0 Å². The predicted molar refractivity (Wildman–Crippen MR) is 100 cm³/mol. The fourth-order valence-electron chi connectivity index (χ4n) is 1.87. The van der Waals surface area contributed by atoms with E-state index in [0.717, 1.165) is 11.3 Å². The Morgan fingerprint density at radius 2 is 1.80 bits per heavy atom. The number of benzene rings is 2. The molecular formula is C16H17F3IN3O2. The van der Waals surface area contributed by atoms with Gasteiger partial charge in [0.25, 0.3) is 0 Å². The second-order valence-electron chi connectivity index (χ2n) is 4.75. The van der Waals surface area contributed by atoms with E-state index in [4.69, 9.17) is 10.5 Å². The first-order valence-corrected chi connectivity index (χ1v) is 6.91. The molecule has 2 rings (SSSR count). The van der Waals surface area contributed by atoms with Gasteiger partial charge in [0.2, 0.25) is 0 Å². The zero-order valence-electron chi connectivity index (χ0n) is 13.2. The van der Waals surface area contributed by atoms with E-state index >= 15 is 0 Å². The largest absolute Gasteiger partial charge is 0.573 e. The van der Waals surface area contributed by atoms with E-state index in [2.05, 4.69) is 15.0 Å². The zero-order chi connectivity index (χ0) is 17.6. The lowest BCUT2D eigenvalue weighted by Crippen LogP contribution is -2.22. The van der Waals surface area contributed by atoms with Gasteiger partial charge in [-0.2, -0.15) is 0 Å². The van der Waals surface area contributed by atoms with Crippen LogP contribution >= 0.6 is 24.0 Å². The molecule has 0 bridgehead atoms. The van der Waals surface area contributed by atoms with Gasteiger partial charge in [-0.3, -0.25) is 0 Å². The van der Waals surface area contributed by atoms with E-state index in [1.807, 2.05) is 24.3 Å². The van der Waals surface area contributed by atoms with Crippen molar-refractivity contribution in [3.63, 3.8) is 0 Å². The van der Waals surface area contributed by atoms with Crippen molar-refractivity contribution in [3.05, 3.63) is 54.1 Å². The van der Waals surface area contributed by atoms with E-state index in [1.165, 1.54) is 24.3 Å². The molecule has 0 aromatic heterocycles. The second kappa shape index (κ2) is 9.35. The van der Waals surface area contributed by atoms with Crippen LogP contribution in [-0.4, -0.2) is 19.4 Å². The highest BCUT2D eigenvalue weighted by molar-refractivity contribution is 14.0. The Hall–Kier alpha value is -2.17. The van der Waals surface area contributed by atoms with Gasteiger partial charge in [-0.05, 0) is 42.0 Å². The molecule has 0 atom stereocenters. The van der Waals surface area contributed by atoms with Gasteiger partial charge in [0.1, 0.15) is 11.5 Å². The number of aliphatic imine (C=N–C) groups is 1. The molecule has 0 fully saturated rings. The molecule has 0 radical (unpaired) electrons. The van der Waals surface area contributed by atoms with Crippen molar-refractivity contribution >= 4 is 35.6 Å². The summed E-state index contributed by atoms with van der Waals surface area (Å²) in [6, 6.07) is 12.6. The minimum Gasteiger partial charge on any atom is -0.497 e. The van der Waals surface area contributed by atoms with E-state index in [-0.39, 0.29) is 35.7 Å². The molecule has 0 aliphatic rings. The lowest BCUT2D eigenvalue weighted by molar-refractivity contribution is -0.274. The standard InChI is InChI=1S/C16H16F3N3O2.HI/c1-23-14-4-2-3-11(9-14)10-21-15(20)22-12-5-7-13(8-6-12)24-16(17,18)19;/h2-9H,10H2,1H3,(H3,20,21,22);1H. The summed E-state index contributed by atoms with van der Waals surface area (Å²) in [6.07, 6.45) is -4.72. The van der Waals surface area contributed by atoms with Crippen molar-refractivity contribution in [2.75, 3.05) is 12.4 Å². The monoisotopic (exact) mass is 467 g/mol. The molecule has 0 heterocycles. The summed E-state index contributed by atoms with van der Waals surface area (Å²) < 4.78 is 45.1. The van der Waals surface area contributed by atoms with E-state index in [1.54, 1.807) is 7.11 Å². The number of hydrogen-bond acceptors (Lipinski definition) is 3.